The Morgan fingerprint density at radius 1 is 0.933 bits per heavy atom. The lowest BCUT2D eigenvalue weighted by molar-refractivity contribution is 0.174. The highest BCUT2D eigenvalue weighted by molar-refractivity contribution is 5.83. The van der Waals surface area contributed by atoms with Gasteiger partial charge in [-0.1, -0.05) is 24.3 Å². The zero-order valence-corrected chi connectivity index (χ0v) is 16.2. The third-order valence-electron chi connectivity index (χ3n) is 4.98. The third kappa shape index (κ3) is 3.33. The van der Waals surface area contributed by atoms with Gasteiger partial charge in [0.25, 0.3) is 0 Å². The second-order valence-electron chi connectivity index (χ2n) is 6.82. The van der Waals surface area contributed by atoms with Crippen molar-refractivity contribution in [2.24, 2.45) is 0 Å². The molecule has 0 saturated carbocycles. The first kappa shape index (κ1) is 18.1. The van der Waals surface area contributed by atoms with E-state index in [1.54, 1.807) is 25.3 Å². The Morgan fingerprint density at radius 2 is 1.80 bits per heavy atom. The first-order valence-corrected chi connectivity index (χ1v) is 9.44. The van der Waals surface area contributed by atoms with Crippen molar-refractivity contribution in [2.75, 3.05) is 13.9 Å². The molecule has 0 atom stereocenters. The van der Waals surface area contributed by atoms with E-state index in [1.165, 1.54) is 0 Å². The Hall–Kier alpha value is -3.93. The molecule has 30 heavy (non-hydrogen) atoms. The first-order valence-electron chi connectivity index (χ1n) is 9.44. The van der Waals surface area contributed by atoms with Crippen molar-refractivity contribution in [3.8, 4) is 34.1 Å². The van der Waals surface area contributed by atoms with Crippen LogP contribution in [0.4, 0.5) is 0 Å². The molecule has 3 aromatic carbocycles. The van der Waals surface area contributed by atoms with Gasteiger partial charge in [-0.3, -0.25) is 0 Å². The Labute approximate surface area is 172 Å². The molecule has 1 aliphatic heterocycles. The van der Waals surface area contributed by atoms with Crippen LogP contribution in [-0.2, 0) is 6.61 Å². The lowest BCUT2D eigenvalue weighted by Gasteiger charge is -2.10. The van der Waals surface area contributed by atoms with Gasteiger partial charge in [-0.25, -0.2) is 4.79 Å². The molecule has 0 bridgehead atoms. The fraction of sp³-hybridized carbons (Fsp3) is 0.125. The maximum Gasteiger partial charge on any atom is 0.344 e. The normalized spacial score (nSPS) is 12.2. The number of ether oxygens (including phenoxy) is 4. The van der Waals surface area contributed by atoms with Crippen LogP contribution in [-0.4, -0.2) is 13.9 Å². The summed E-state index contributed by atoms with van der Waals surface area (Å²) < 4.78 is 27.5. The van der Waals surface area contributed by atoms with Crippen LogP contribution >= 0.6 is 0 Å². The average Bonchev–Trinajstić information content (AvgIpc) is 3.25. The fourth-order valence-electron chi connectivity index (χ4n) is 3.43. The maximum absolute atomic E-state index is 12.6. The largest absolute Gasteiger partial charge is 0.496 e. The van der Waals surface area contributed by atoms with Gasteiger partial charge in [-0.15, -0.1) is 0 Å². The Balaban J connectivity index is 1.43. The zero-order valence-electron chi connectivity index (χ0n) is 16.2. The van der Waals surface area contributed by atoms with Crippen LogP contribution in [0, 0.1) is 0 Å². The number of fused-ring (bicyclic) bond motifs is 2. The molecule has 0 N–H and O–H groups in total. The van der Waals surface area contributed by atoms with Crippen molar-refractivity contribution < 1.29 is 23.4 Å². The van der Waals surface area contributed by atoms with Gasteiger partial charge in [0.15, 0.2) is 11.5 Å². The molecule has 150 valence electrons. The van der Waals surface area contributed by atoms with Crippen molar-refractivity contribution in [1.82, 2.24) is 0 Å². The molecule has 2 heterocycles. The fourth-order valence-corrected chi connectivity index (χ4v) is 3.43. The molecule has 0 aliphatic carbocycles. The Kier molecular flexibility index (Phi) is 4.52. The molecule has 0 amide bonds. The number of para-hydroxylation sites is 1. The van der Waals surface area contributed by atoms with E-state index in [-0.39, 0.29) is 6.79 Å². The van der Waals surface area contributed by atoms with Crippen LogP contribution in [0.2, 0.25) is 0 Å². The van der Waals surface area contributed by atoms with E-state index in [9.17, 15) is 4.79 Å². The van der Waals surface area contributed by atoms with Gasteiger partial charge in [0.05, 0.1) is 12.7 Å². The predicted molar refractivity (Wildman–Crippen MR) is 111 cm³/mol. The summed E-state index contributed by atoms with van der Waals surface area (Å²) in [6.45, 7) is 0.526. The number of hydrogen-bond donors (Lipinski definition) is 0. The number of hydrogen-bond acceptors (Lipinski definition) is 6. The summed E-state index contributed by atoms with van der Waals surface area (Å²) in [6, 6.07) is 20.3. The summed E-state index contributed by atoms with van der Waals surface area (Å²) in [6.07, 6.45) is 0. The minimum atomic E-state index is -0.428. The number of rotatable bonds is 5. The molecule has 6 heteroatoms. The zero-order chi connectivity index (χ0) is 20.5. The van der Waals surface area contributed by atoms with Gasteiger partial charge in [-0.05, 0) is 42.0 Å². The highest BCUT2D eigenvalue weighted by atomic mass is 16.7. The summed E-state index contributed by atoms with van der Waals surface area (Å²) in [5.74, 6) is 2.65. The number of methoxy groups -OCH3 is 1. The summed E-state index contributed by atoms with van der Waals surface area (Å²) in [5.41, 5.74) is 2.14. The van der Waals surface area contributed by atoms with Crippen LogP contribution in [0.5, 0.6) is 23.0 Å². The number of benzene rings is 3. The Morgan fingerprint density at radius 3 is 2.70 bits per heavy atom. The van der Waals surface area contributed by atoms with E-state index in [0.717, 1.165) is 16.7 Å². The molecular formula is C24H18O6. The second-order valence-corrected chi connectivity index (χ2v) is 6.82. The maximum atomic E-state index is 12.6. The Bertz CT molecular complexity index is 1290. The van der Waals surface area contributed by atoms with E-state index in [2.05, 4.69) is 0 Å². The van der Waals surface area contributed by atoms with Crippen LogP contribution < -0.4 is 24.6 Å². The summed E-state index contributed by atoms with van der Waals surface area (Å²) in [7, 11) is 1.63. The highest BCUT2D eigenvalue weighted by Gasteiger charge is 2.16. The molecule has 0 fully saturated rings. The smallest absolute Gasteiger partial charge is 0.344 e. The molecule has 1 aliphatic rings. The molecular weight excluding hydrogens is 384 g/mol. The van der Waals surface area contributed by atoms with Crippen LogP contribution in [0.15, 0.2) is 75.9 Å². The lowest BCUT2D eigenvalue weighted by Crippen LogP contribution is -2.03. The molecule has 1 aromatic heterocycles. The third-order valence-corrected chi connectivity index (χ3v) is 4.98. The topological polar surface area (TPSA) is 67.1 Å². The molecule has 0 spiro atoms. The van der Waals surface area contributed by atoms with Crippen LogP contribution in [0.1, 0.15) is 5.56 Å². The van der Waals surface area contributed by atoms with E-state index in [1.807, 2.05) is 48.5 Å². The van der Waals surface area contributed by atoms with Gasteiger partial charge in [-0.2, -0.15) is 0 Å². The standard InChI is InChI=1S/C24H18O6/c1-26-20-5-3-2-4-17(20)13-27-18-8-6-16-10-19(24(25)30-22(16)12-18)15-7-9-21-23(11-15)29-14-28-21/h2-12H,13-14H2,1H3. The summed E-state index contributed by atoms with van der Waals surface area (Å²) in [4.78, 5) is 12.6. The lowest BCUT2D eigenvalue weighted by atomic mass is 10.1. The van der Waals surface area contributed by atoms with E-state index in [4.69, 9.17) is 23.4 Å². The minimum Gasteiger partial charge on any atom is -0.496 e. The molecule has 4 aromatic rings. The van der Waals surface area contributed by atoms with Crippen molar-refractivity contribution in [1.29, 1.82) is 0 Å². The van der Waals surface area contributed by atoms with Crippen molar-refractivity contribution in [2.45, 2.75) is 6.61 Å². The van der Waals surface area contributed by atoms with Gasteiger partial charge in [0, 0.05) is 17.0 Å². The van der Waals surface area contributed by atoms with Crippen molar-refractivity contribution >= 4 is 11.0 Å². The quantitative estimate of drug-likeness (QED) is 0.448. The van der Waals surface area contributed by atoms with E-state index < -0.39 is 5.63 Å². The average molecular weight is 402 g/mol. The van der Waals surface area contributed by atoms with Gasteiger partial charge >= 0.3 is 5.63 Å². The summed E-state index contributed by atoms with van der Waals surface area (Å²) in [5, 5.41) is 0.798. The second kappa shape index (κ2) is 7.48. The molecule has 0 unspecified atom stereocenters. The minimum absolute atomic E-state index is 0.183. The van der Waals surface area contributed by atoms with E-state index in [0.29, 0.717) is 40.6 Å². The van der Waals surface area contributed by atoms with Gasteiger partial charge < -0.3 is 23.4 Å². The first-order chi connectivity index (χ1) is 14.7. The molecule has 0 radical (unpaired) electrons. The highest BCUT2D eigenvalue weighted by Crippen LogP contribution is 2.36. The summed E-state index contributed by atoms with van der Waals surface area (Å²) >= 11 is 0. The SMILES string of the molecule is COc1ccccc1COc1ccc2cc(-c3ccc4c(c3)OCO4)c(=O)oc2c1. The van der Waals surface area contributed by atoms with Crippen LogP contribution in [0.3, 0.4) is 0 Å². The van der Waals surface area contributed by atoms with E-state index >= 15 is 0 Å². The molecule has 5 rings (SSSR count). The molecule has 0 saturated heterocycles. The van der Waals surface area contributed by atoms with Crippen molar-refractivity contribution in [3.05, 3.63) is 82.7 Å². The predicted octanol–water partition coefficient (Wildman–Crippen LogP) is 4.78. The van der Waals surface area contributed by atoms with Gasteiger partial charge in [0.1, 0.15) is 23.7 Å². The molecule has 6 nitrogen and oxygen atoms in total. The van der Waals surface area contributed by atoms with Crippen molar-refractivity contribution in [3.63, 3.8) is 0 Å². The monoisotopic (exact) mass is 402 g/mol. The van der Waals surface area contributed by atoms with Gasteiger partial charge in [0.2, 0.25) is 6.79 Å². The van der Waals surface area contributed by atoms with Crippen LogP contribution in [0.25, 0.3) is 22.1 Å².